The van der Waals surface area contributed by atoms with Crippen LogP contribution in [0.5, 0.6) is 5.75 Å². The topological polar surface area (TPSA) is 58.8 Å². The Morgan fingerprint density at radius 1 is 1.18 bits per heavy atom. The third-order valence-corrected chi connectivity index (χ3v) is 6.00. The zero-order chi connectivity index (χ0) is 19.5. The van der Waals surface area contributed by atoms with Gasteiger partial charge < -0.3 is 14.2 Å². The van der Waals surface area contributed by atoms with E-state index in [1.54, 1.807) is 0 Å². The van der Waals surface area contributed by atoms with Gasteiger partial charge in [-0.2, -0.15) is 0 Å². The first kappa shape index (κ1) is 19.0. The Bertz CT molecular complexity index is 785. The number of piperidine rings is 1. The SMILES string of the molecule is Cc1noc(C)c1CN1C[C@H]2CC[C@@H](C1)N(C(=O)CCOc1ccccc1)C2. The van der Waals surface area contributed by atoms with Crippen LogP contribution in [0, 0.1) is 19.8 Å². The van der Waals surface area contributed by atoms with Gasteiger partial charge in [0.25, 0.3) is 0 Å². The highest BCUT2D eigenvalue weighted by molar-refractivity contribution is 5.77. The number of ether oxygens (including phenoxy) is 1. The number of nitrogens with zero attached hydrogens (tertiary/aromatic N) is 3. The number of hydrogen-bond donors (Lipinski definition) is 0. The number of carbonyl (C=O) groups is 1. The lowest BCUT2D eigenvalue weighted by Crippen LogP contribution is -2.47. The van der Waals surface area contributed by atoms with Gasteiger partial charge in [0, 0.05) is 37.8 Å². The molecule has 4 heterocycles. The number of para-hydroxylation sites is 1. The molecule has 0 N–H and O–H groups in total. The smallest absolute Gasteiger partial charge is 0.226 e. The zero-order valence-corrected chi connectivity index (χ0v) is 16.8. The van der Waals surface area contributed by atoms with E-state index in [0.717, 1.165) is 49.8 Å². The maximum Gasteiger partial charge on any atom is 0.226 e. The lowest BCUT2D eigenvalue weighted by Gasteiger charge is -2.36. The Morgan fingerprint density at radius 2 is 2.00 bits per heavy atom. The van der Waals surface area contributed by atoms with Crippen molar-refractivity contribution in [1.82, 2.24) is 15.0 Å². The van der Waals surface area contributed by atoms with Gasteiger partial charge in [-0.25, -0.2) is 0 Å². The molecule has 0 aliphatic carbocycles. The summed E-state index contributed by atoms with van der Waals surface area (Å²) in [6.07, 6.45) is 2.73. The average Bonchev–Trinajstić information content (AvgIpc) is 2.88. The van der Waals surface area contributed by atoms with Gasteiger partial charge in [0.05, 0.1) is 18.7 Å². The summed E-state index contributed by atoms with van der Waals surface area (Å²) in [5, 5.41) is 4.08. The highest BCUT2D eigenvalue weighted by Gasteiger charge is 2.37. The van der Waals surface area contributed by atoms with E-state index < -0.39 is 0 Å². The molecular formula is C22H29N3O3. The van der Waals surface area contributed by atoms with Crippen molar-refractivity contribution in [2.24, 2.45) is 5.92 Å². The van der Waals surface area contributed by atoms with Crippen molar-refractivity contribution < 1.29 is 14.1 Å². The van der Waals surface area contributed by atoms with Crippen LogP contribution in [0.1, 0.15) is 36.3 Å². The number of benzene rings is 1. The number of fused-ring (bicyclic) bond motifs is 4. The highest BCUT2D eigenvalue weighted by Crippen LogP contribution is 2.30. The number of hydrogen-bond acceptors (Lipinski definition) is 5. The summed E-state index contributed by atoms with van der Waals surface area (Å²) in [4.78, 5) is 17.4. The second-order valence-electron chi connectivity index (χ2n) is 8.05. The summed E-state index contributed by atoms with van der Waals surface area (Å²) >= 11 is 0. The first-order valence-corrected chi connectivity index (χ1v) is 10.2. The molecule has 3 saturated heterocycles. The molecule has 0 radical (unpaired) electrons. The minimum absolute atomic E-state index is 0.213. The highest BCUT2D eigenvalue weighted by atomic mass is 16.5. The largest absolute Gasteiger partial charge is 0.493 e. The molecule has 3 aliphatic rings. The predicted octanol–water partition coefficient (Wildman–Crippen LogP) is 3.18. The van der Waals surface area contributed by atoms with Crippen molar-refractivity contribution in [3.63, 3.8) is 0 Å². The van der Waals surface area contributed by atoms with Crippen LogP contribution in [0.15, 0.2) is 34.9 Å². The summed E-state index contributed by atoms with van der Waals surface area (Å²) in [6.45, 7) is 8.08. The lowest BCUT2D eigenvalue weighted by atomic mass is 9.95. The molecule has 28 heavy (non-hydrogen) atoms. The lowest BCUT2D eigenvalue weighted by molar-refractivity contribution is -0.135. The molecule has 6 nitrogen and oxygen atoms in total. The van der Waals surface area contributed by atoms with Crippen LogP contribution < -0.4 is 4.74 Å². The second-order valence-corrected chi connectivity index (χ2v) is 8.05. The number of aromatic nitrogens is 1. The second kappa shape index (κ2) is 8.35. The summed E-state index contributed by atoms with van der Waals surface area (Å²) in [6, 6.07) is 9.98. The van der Waals surface area contributed by atoms with Gasteiger partial charge in [-0.05, 0) is 44.7 Å². The van der Waals surface area contributed by atoms with Crippen molar-refractivity contribution in [2.75, 3.05) is 26.2 Å². The van der Waals surface area contributed by atoms with Gasteiger partial charge in [-0.1, -0.05) is 23.4 Å². The van der Waals surface area contributed by atoms with Crippen LogP contribution >= 0.6 is 0 Å². The monoisotopic (exact) mass is 383 g/mol. The van der Waals surface area contributed by atoms with E-state index >= 15 is 0 Å². The fourth-order valence-electron chi connectivity index (χ4n) is 4.48. The Balaban J connectivity index is 1.34. The van der Waals surface area contributed by atoms with Crippen LogP contribution in [0.2, 0.25) is 0 Å². The zero-order valence-electron chi connectivity index (χ0n) is 16.8. The quantitative estimate of drug-likeness (QED) is 0.767. The van der Waals surface area contributed by atoms with Crippen molar-refractivity contribution in [3.8, 4) is 5.75 Å². The summed E-state index contributed by atoms with van der Waals surface area (Å²) < 4.78 is 11.0. The predicted molar refractivity (Wildman–Crippen MR) is 106 cm³/mol. The molecule has 1 aromatic carbocycles. The van der Waals surface area contributed by atoms with Crippen LogP contribution in [0.4, 0.5) is 0 Å². The molecule has 0 saturated carbocycles. The molecule has 0 spiro atoms. The summed E-state index contributed by atoms with van der Waals surface area (Å²) in [5.41, 5.74) is 2.16. The van der Waals surface area contributed by atoms with Crippen molar-refractivity contribution in [3.05, 3.63) is 47.3 Å². The van der Waals surface area contributed by atoms with Gasteiger partial charge in [0.2, 0.25) is 5.91 Å². The van der Waals surface area contributed by atoms with Gasteiger partial charge in [-0.15, -0.1) is 0 Å². The minimum Gasteiger partial charge on any atom is -0.493 e. The maximum absolute atomic E-state index is 12.9. The summed E-state index contributed by atoms with van der Waals surface area (Å²) in [7, 11) is 0. The fourth-order valence-corrected chi connectivity index (χ4v) is 4.48. The van der Waals surface area contributed by atoms with E-state index in [4.69, 9.17) is 9.26 Å². The van der Waals surface area contributed by atoms with Crippen molar-refractivity contribution in [2.45, 2.75) is 45.7 Å². The molecule has 6 heteroatoms. The van der Waals surface area contributed by atoms with Crippen molar-refractivity contribution >= 4 is 5.91 Å². The molecule has 3 fully saturated rings. The van der Waals surface area contributed by atoms with E-state index in [9.17, 15) is 4.79 Å². The van der Waals surface area contributed by atoms with Gasteiger partial charge in [0.15, 0.2) is 0 Å². The third kappa shape index (κ3) is 4.22. The van der Waals surface area contributed by atoms with Gasteiger partial charge in [-0.3, -0.25) is 9.69 Å². The molecule has 2 atom stereocenters. The van der Waals surface area contributed by atoms with E-state index in [0.29, 0.717) is 25.0 Å². The van der Waals surface area contributed by atoms with Gasteiger partial charge in [0.1, 0.15) is 11.5 Å². The third-order valence-electron chi connectivity index (χ3n) is 6.00. The van der Waals surface area contributed by atoms with Gasteiger partial charge >= 0.3 is 0 Å². The first-order valence-electron chi connectivity index (χ1n) is 10.2. The summed E-state index contributed by atoms with van der Waals surface area (Å²) in [5.74, 6) is 2.47. The first-order chi connectivity index (χ1) is 13.6. The Kier molecular flexibility index (Phi) is 5.67. The molecule has 2 aromatic rings. The molecule has 5 rings (SSSR count). The maximum atomic E-state index is 12.9. The van der Waals surface area contributed by atoms with Crippen LogP contribution in [-0.2, 0) is 11.3 Å². The van der Waals surface area contributed by atoms with E-state index in [1.807, 2.05) is 44.2 Å². The van der Waals surface area contributed by atoms with Crippen LogP contribution in [-0.4, -0.2) is 53.1 Å². The molecule has 3 aliphatic heterocycles. The van der Waals surface area contributed by atoms with E-state index in [1.165, 1.54) is 12.0 Å². The Hall–Kier alpha value is -2.34. The number of rotatable bonds is 6. The molecule has 2 bridgehead atoms. The molecule has 1 aromatic heterocycles. The van der Waals surface area contributed by atoms with Crippen LogP contribution in [0.3, 0.4) is 0 Å². The normalized spacial score (nSPS) is 22.3. The Morgan fingerprint density at radius 3 is 2.75 bits per heavy atom. The molecular weight excluding hydrogens is 354 g/mol. The standard InChI is InChI=1S/C22H29N3O3/c1-16-21(17(2)28-23-16)15-24-12-18-8-9-19(14-24)25(13-18)22(26)10-11-27-20-6-4-3-5-7-20/h3-7,18-19H,8-15H2,1-2H3/t18-,19+/m1/s1. The number of aryl methyl sites for hydroxylation is 2. The molecule has 150 valence electrons. The van der Waals surface area contributed by atoms with E-state index in [2.05, 4.69) is 15.0 Å². The Labute approximate surface area is 166 Å². The molecule has 0 unspecified atom stereocenters. The van der Waals surface area contributed by atoms with Crippen molar-refractivity contribution in [1.29, 1.82) is 0 Å². The molecule has 1 amide bonds. The number of amides is 1. The number of carbonyl (C=O) groups excluding carboxylic acids is 1. The fraction of sp³-hybridized carbons (Fsp3) is 0.545. The minimum atomic E-state index is 0.213. The average molecular weight is 383 g/mol. The van der Waals surface area contributed by atoms with E-state index in [-0.39, 0.29) is 5.91 Å². The van der Waals surface area contributed by atoms with Crippen LogP contribution in [0.25, 0.3) is 0 Å².